The third-order valence-corrected chi connectivity index (χ3v) is 4.75. The minimum atomic E-state index is 0.457. The minimum Gasteiger partial charge on any atom is -0.327 e. The van der Waals surface area contributed by atoms with Crippen molar-refractivity contribution in [2.24, 2.45) is 17.1 Å². The molecule has 0 aliphatic heterocycles. The number of rotatable bonds is 8. The molecule has 1 nitrogen and oxygen atoms in total. The molecule has 0 bridgehead atoms. The van der Waals surface area contributed by atoms with Gasteiger partial charge in [0.1, 0.15) is 0 Å². The van der Waals surface area contributed by atoms with Crippen LogP contribution in [-0.2, 0) is 0 Å². The smallest absolute Gasteiger partial charge is 0.00722 e. The summed E-state index contributed by atoms with van der Waals surface area (Å²) in [5.41, 5.74) is 6.90. The van der Waals surface area contributed by atoms with Crippen LogP contribution in [-0.4, -0.2) is 6.04 Å². The van der Waals surface area contributed by atoms with E-state index in [-0.39, 0.29) is 0 Å². The van der Waals surface area contributed by atoms with Crippen molar-refractivity contribution in [3.8, 4) is 0 Å². The molecule has 0 amide bonds. The predicted molar refractivity (Wildman–Crippen MR) is 77.1 cm³/mol. The lowest BCUT2D eigenvalue weighted by atomic mass is 9.76. The molecule has 1 heteroatoms. The Balaban J connectivity index is 2.10. The summed E-state index contributed by atoms with van der Waals surface area (Å²) in [5.74, 6) is 0.776. The zero-order valence-electron chi connectivity index (χ0n) is 12.3. The average molecular weight is 239 g/mol. The number of unbranched alkanes of at least 4 members (excludes halogenated alkanes) is 5. The van der Waals surface area contributed by atoms with E-state index in [0.717, 1.165) is 5.92 Å². The lowest BCUT2D eigenvalue weighted by Gasteiger charge is -2.32. The lowest BCUT2D eigenvalue weighted by molar-refractivity contribution is 0.212. The van der Waals surface area contributed by atoms with Crippen LogP contribution in [0.25, 0.3) is 0 Å². The third kappa shape index (κ3) is 4.99. The molecule has 17 heavy (non-hydrogen) atoms. The molecule has 2 unspecified atom stereocenters. The molecular weight excluding hydrogens is 206 g/mol. The van der Waals surface area contributed by atoms with Crippen molar-refractivity contribution in [3.05, 3.63) is 0 Å². The molecule has 0 aromatic carbocycles. The summed E-state index contributed by atoms with van der Waals surface area (Å²) >= 11 is 0. The van der Waals surface area contributed by atoms with E-state index >= 15 is 0 Å². The van der Waals surface area contributed by atoms with Gasteiger partial charge in [-0.15, -0.1) is 0 Å². The van der Waals surface area contributed by atoms with Gasteiger partial charge in [0.15, 0.2) is 0 Å². The summed E-state index contributed by atoms with van der Waals surface area (Å²) in [5, 5.41) is 0. The molecule has 1 saturated carbocycles. The molecular formula is C16H33N. The van der Waals surface area contributed by atoms with E-state index in [1.54, 1.807) is 0 Å². The van der Waals surface area contributed by atoms with Crippen molar-refractivity contribution in [2.75, 3.05) is 0 Å². The fourth-order valence-corrected chi connectivity index (χ4v) is 3.51. The van der Waals surface area contributed by atoms with E-state index in [0.29, 0.717) is 11.5 Å². The summed E-state index contributed by atoms with van der Waals surface area (Å²) < 4.78 is 0. The Morgan fingerprint density at radius 1 is 1.12 bits per heavy atom. The molecule has 1 rings (SSSR count). The van der Waals surface area contributed by atoms with E-state index in [1.165, 1.54) is 64.2 Å². The first kappa shape index (κ1) is 15.0. The van der Waals surface area contributed by atoms with Crippen LogP contribution in [0.3, 0.4) is 0 Å². The second-order valence-electron chi connectivity index (χ2n) is 6.71. The second kappa shape index (κ2) is 7.41. The van der Waals surface area contributed by atoms with E-state index in [9.17, 15) is 0 Å². The Morgan fingerprint density at radius 2 is 1.76 bits per heavy atom. The normalized spacial score (nSPS) is 25.1. The van der Waals surface area contributed by atoms with Gasteiger partial charge in [-0.25, -0.2) is 0 Å². The van der Waals surface area contributed by atoms with Gasteiger partial charge in [-0.3, -0.25) is 0 Å². The van der Waals surface area contributed by atoms with Crippen LogP contribution in [0.4, 0.5) is 0 Å². The Labute approximate surface area is 109 Å². The maximum atomic E-state index is 6.40. The van der Waals surface area contributed by atoms with Gasteiger partial charge in [0.05, 0.1) is 0 Å². The van der Waals surface area contributed by atoms with Crippen LogP contribution in [0.1, 0.15) is 85.0 Å². The second-order valence-corrected chi connectivity index (χ2v) is 6.71. The molecule has 0 aromatic heterocycles. The number of hydrogen-bond donors (Lipinski definition) is 1. The molecule has 0 saturated heterocycles. The van der Waals surface area contributed by atoms with E-state index in [4.69, 9.17) is 5.73 Å². The summed E-state index contributed by atoms with van der Waals surface area (Å²) in [6.07, 6.45) is 13.7. The van der Waals surface area contributed by atoms with Crippen molar-refractivity contribution in [1.82, 2.24) is 0 Å². The zero-order valence-corrected chi connectivity index (χ0v) is 12.3. The topological polar surface area (TPSA) is 26.0 Å². The fraction of sp³-hybridized carbons (Fsp3) is 1.00. The first-order valence-electron chi connectivity index (χ1n) is 7.83. The van der Waals surface area contributed by atoms with Crippen molar-refractivity contribution < 1.29 is 0 Å². The molecule has 2 atom stereocenters. The van der Waals surface area contributed by atoms with Gasteiger partial charge in [0.25, 0.3) is 0 Å². The lowest BCUT2D eigenvalue weighted by Crippen LogP contribution is -2.36. The first-order valence-corrected chi connectivity index (χ1v) is 7.83. The monoisotopic (exact) mass is 239 g/mol. The fourth-order valence-electron chi connectivity index (χ4n) is 3.51. The highest BCUT2D eigenvalue weighted by Gasteiger charge is 2.37. The van der Waals surface area contributed by atoms with Crippen LogP contribution in [0.15, 0.2) is 0 Å². The molecule has 0 aromatic rings. The quantitative estimate of drug-likeness (QED) is 0.600. The highest BCUT2D eigenvalue weighted by atomic mass is 14.7. The first-order chi connectivity index (χ1) is 8.08. The Bertz CT molecular complexity index is 198. The predicted octanol–water partition coefficient (Wildman–Crippen LogP) is 4.89. The maximum absolute atomic E-state index is 6.40. The van der Waals surface area contributed by atoms with Crippen LogP contribution in [0, 0.1) is 11.3 Å². The van der Waals surface area contributed by atoms with E-state index in [2.05, 4.69) is 20.8 Å². The molecule has 0 spiro atoms. The number of hydrogen-bond acceptors (Lipinski definition) is 1. The van der Waals surface area contributed by atoms with E-state index < -0.39 is 0 Å². The highest BCUT2D eigenvalue weighted by Crippen LogP contribution is 2.44. The Kier molecular flexibility index (Phi) is 6.54. The van der Waals surface area contributed by atoms with E-state index in [1.807, 2.05) is 0 Å². The molecule has 0 heterocycles. The largest absolute Gasteiger partial charge is 0.327 e. The van der Waals surface area contributed by atoms with Crippen LogP contribution >= 0.6 is 0 Å². The molecule has 1 aliphatic carbocycles. The van der Waals surface area contributed by atoms with Crippen LogP contribution < -0.4 is 5.73 Å². The third-order valence-electron chi connectivity index (χ3n) is 4.75. The van der Waals surface area contributed by atoms with Crippen LogP contribution in [0.2, 0.25) is 0 Å². The zero-order chi connectivity index (χ0) is 12.7. The Morgan fingerprint density at radius 3 is 2.35 bits per heavy atom. The van der Waals surface area contributed by atoms with Crippen molar-refractivity contribution >= 4 is 0 Å². The average Bonchev–Trinajstić information content (AvgIpc) is 2.63. The summed E-state index contributed by atoms with van der Waals surface area (Å²) in [7, 11) is 0. The summed E-state index contributed by atoms with van der Waals surface area (Å²) in [6, 6.07) is 0.457. The Hall–Kier alpha value is -0.0400. The maximum Gasteiger partial charge on any atom is 0.00722 e. The van der Waals surface area contributed by atoms with Crippen LogP contribution in [0.5, 0.6) is 0 Å². The van der Waals surface area contributed by atoms with Crippen molar-refractivity contribution in [2.45, 2.75) is 91.0 Å². The molecule has 2 N–H and O–H groups in total. The standard InChI is InChI=1S/C16H33N/c1-4-5-6-7-8-9-12-15(17)14-11-10-13-16(14,2)3/h14-15H,4-13,17H2,1-3H3. The number of nitrogens with two attached hydrogens (primary N) is 1. The molecule has 0 radical (unpaired) electrons. The van der Waals surface area contributed by atoms with Gasteiger partial charge in [0.2, 0.25) is 0 Å². The van der Waals surface area contributed by atoms with Gasteiger partial charge in [0, 0.05) is 6.04 Å². The summed E-state index contributed by atoms with van der Waals surface area (Å²) in [6.45, 7) is 7.09. The van der Waals surface area contributed by atoms with Gasteiger partial charge in [-0.2, -0.15) is 0 Å². The summed E-state index contributed by atoms with van der Waals surface area (Å²) in [4.78, 5) is 0. The van der Waals surface area contributed by atoms with Crippen molar-refractivity contribution in [1.29, 1.82) is 0 Å². The van der Waals surface area contributed by atoms with Crippen molar-refractivity contribution in [3.63, 3.8) is 0 Å². The molecule has 102 valence electrons. The molecule has 1 aliphatic rings. The minimum absolute atomic E-state index is 0.457. The van der Waals surface area contributed by atoms with Gasteiger partial charge < -0.3 is 5.73 Å². The van der Waals surface area contributed by atoms with Gasteiger partial charge >= 0.3 is 0 Å². The van der Waals surface area contributed by atoms with Gasteiger partial charge in [-0.1, -0.05) is 65.7 Å². The SMILES string of the molecule is CCCCCCCCC(N)C1CCCC1(C)C. The van der Waals surface area contributed by atoms with Gasteiger partial charge in [-0.05, 0) is 30.6 Å². The molecule has 1 fully saturated rings. The highest BCUT2D eigenvalue weighted by molar-refractivity contribution is 4.90.